The van der Waals surface area contributed by atoms with Crippen molar-refractivity contribution in [2.45, 2.75) is 38.8 Å². The van der Waals surface area contributed by atoms with Crippen LogP contribution in [0.2, 0.25) is 5.15 Å². The molecule has 1 aliphatic rings. The summed E-state index contributed by atoms with van der Waals surface area (Å²) in [5, 5.41) is 1.64. The van der Waals surface area contributed by atoms with Crippen molar-refractivity contribution in [2.75, 3.05) is 7.11 Å². The van der Waals surface area contributed by atoms with Crippen molar-refractivity contribution in [3.8, 4) is 5.75 Å². The minimum atomic E-state index is -0.514. The third-order valence-corrected chi connectivity index (χ3v) is 6.29. The number of benzene rings is 2. The van der Waals surface area contributed by atoms with Crippen LogP contribution >= 0.6 is 11.6 Å². The maximum atomic E-state index is 12.9. The third-order valence-electron chi connectivity index (χ3n) is 5.96. The third kappa shape index (κ3) is 4.16. The number of nitrogens with zero attached hydrogens (tertiary/aromatic N) is 3. The quantitative estimate of drug-likeness (QED) is 0.322. The molecule has 0 unspecified atom stereocenters. The predicted octanol–water partition coefficient (Wildman–Crippen LogP) is 4.69. The molecule has 168 valence electrons. The van der Waals surface area contributed by atoms with Gasteiger partial charge in [0.05, 0.1) is 29.1 Å². The molecule has 2 aromatic heterocycles. The molecular formula is C25H22ClN3O4. The molecule has 0 saturated carbocycles. The molecule has 2 aromatic carbocycles. The van der Waals surface area contributed by atoms with Crippen LogP contribution in [0.3, 0.4) is 0 Å². The summed E-state index contributed by atoms with van der Waals surface area (Å²) < 4.78 is 12.5. The van der Waals surface area contributed by atoms with Crippen molar-refractivity contribution in [3.05, 3.63) is 74.9 Å². The van der Waals surface area contributed by atoms with Crippen molar-refractivity contribution in [3.63, 3.8) is 0 Å². The molecular weight excluding hydrogens is 442 g/mol. The molecule has 0 bridgehead atoms. The number of carbonyl (C=O) groups excluding carboxylic acids is 1. The first-order valence-electron chi connectivity index (χ1n) is 10.9. The monoisotopic (exact) mass is 463 g/mol. The summed E-state index contributed by atoms with van der Waals surface area (Å²) in [6.45, 7) is 0.666. The lowest BCUT2D eigenvalue weighted by Gasteiger charge is -2.11. The zero-order chi connectivity index (χ0) is 22.9. The average molecular weight is 464 g/mol. The summed E-state index contributed by atoms with van der Waals surface area (Å²) in [5.74, 6) is 0.951. The van der Waals surface area contributed by atoms with Gasteiger partial charge in [0, 0.05) is 30.0 Å². The van der Waals surface area contributed by atoms with Crippen molar-refractivity contribution in [2.24, 2.45) is 0 Å². The number of aromatic nitrogens is 3. The Bertz CT molecular complexity index is 1450. The fourth-order valence-corrected chi connectivity index (χ4v) is 4.37. The van der Waals surface area contributed by atoms with Crippen LogP contribution in [-0.4, -0.2) is 27.6 Å². The first-order chi connectivity index (χ1) is 16.0. The number of hydrogen-bond donors (Lipinski definition) is 0. The van der Waals surface area contributed by atoms with Crippen LogP contribution in [0, 0.1) is 0 Å². The molecule has 0 amide bonds. The highest BCUT2D eigenvalue weighted by Gasteiger charge is 2.16. The zero-order valence-electron chi connectivity index (χ0n) is 18.1. The molecule has 5 rings (SSSR count). The fraction of sp³-hybridized carbons (Fsp3) is 0.280. The summed E-state index contributed by atoms with van der Waals surface area (Å²) in [7, 11) is 1.59. The van der Waals surface area contributed by atoms with E-state index in [1.807, 2.05) is 18.2 Å². The van der Waals surface area contributed by atoms with E-state index in [2.05, 4.69) is 9.97 Å². The molecule has 3 heterocycles. The van der Waals surface area contributed by atoms with Gasteiger partial charge in [0.2, 0.25) is 0 Å². The van der Waals surface area contributed by atoms with Crippen LogP contribution in [0.5, 0.6) is 5.75 Å². The van der Waals surface area contributed by atoms with Gasteiger partial charge in [0.1, 0.15) is 23.3 Å². The number of hydrogen-bond acceptors (Lipinski definition) is 6. The predicted molar refractivity (Wildman–Crippen MR) is 126 cm³/mol. The van der Waals surface area contributed by atoms with E-state index in [0.29, 0.717) is 39.8 Å². The van der Waals surface area contributed by atoms with Gasteiger partial charge in [0.15, 0.2) is 0 Å². The number of halogens is 1. The molecule has 0 N–H and O–H groups in total. The molecule has 1 aliphatic heterocycles. The molecule has 0 atom stereocenters. The zero-order valence-corrected chi connectivity index (χ0v) is 18.9. The number of carbonyl (C=O) groups is 1. The Labute approximate surface area is 194 Å². The number of aryl methyl sites for hydroxylation is 1. The van der Waals surface area contributed by atoms with Crippen LogP contribution in [0.15, 0.2) is 47.3 Å². The Morgan fingerprint density at radius 3 is 2.79 bits per heavy atom. The second kappa shape index (κ2) is 8.83. The summed E-state index contributed by atoms with van der Waals surface area (Å²) in [4.78, 5) is 34.7. The fourth-order valence-electron chi connectivity index (χ4n) is 4.17. The van der Waals surface area contributed by atoms with Crippen molar-refractivity contribution < 1.29 is 14.3 Å². The molecule has 8 heteroatoms. The SMILES string of the molecule is COc1ccc2cc(COC(=O)c3ccc4c(=O)n5c(nc4c3)CCCCC5)c(Cl)nc2c1. The van der Waals surface area contributed by atoms with E-state index in [1.165, 1.54) is 0 Å². The molecule has 7 nitrogen and oxygen atoms in total. The van der Waals surface area contributed by atoms with Crippen molar-refractivity contribution in [1.82, 2.24) is 14.5 Å². The Balaban J connectivity index is 1.39. The highest BCUT2D eigenvalue weighted by molar-refractivity contribution is 6.30. The lowest BCUT2D eigenvalue weighted by molar-refractivity contribution is 0.0473. The topological polar surface area (TPSA) is 83.3 Å². The number of ether oxygens (including phenoxy) is 2. The van der Waals surface area contributed by atoms with E-state index in [-0.39, 0.29) is 17.3 Å². The Kier molecular flexibility index (Phi) is 5.72. The van der Waals surface area contributed by atoms with Crippen molar-refractivity contribution in [1.29, 1.82) is 0 Å². The summed E-state index contributed by atoms with van der Waals surface area (Å²) >= 11 is 6.31. The van der Waals surface area contributed by atoms with E-state index in [9.17, 15) is 9.59 Å². The summed E-state index contributed by atoms with van der Waals surface area (Å²) in [6.07, 6.45) is 3.83. The molecule has 0 saturated heterocycles. The normalized spacial score (nSPS) is 13.5. The van der Waals surface area contributed by atoms with Crippen LogP contribution in [0.25, 0.3) is 21.8 Å². The maximum Gasteiger partial charge on any atom is 0.338 e. The molecule has 0 spiro atoms. The lowest BCUT2D eigenvalue weighted by Crippen LogP contribution is -2.24. The van der Waals surface area contributed by atoms with E-state index < -0.39 is 5.97 Å². The van der Waals surface area contributed by atoms with Crippen LogP contribution < -0.4 is 10.3 Å². The maximum absolute atomic E-state index is 12.9. The molecule has 0 aliphatic carbocycles. The van der Waals surface area contributed by atoms with E-state index >= 15 is 0 Å². The van der Waals surface area contributed by atoms with Gasteiger partial charge >= 0.3 is 5.97 Å². The van der Waals surface area contributed by atoms with Crippen molar-refractivity contribution >= 4 is 39.4 Å². The van der Waals surface area contributed by atoms with Gasteiger partial charge in [-0.3, -0.25) is 9.36 Å². The summed E-state index contributed by atoms with van der Waals surface area (Å²) in [6, 6.07) is 12.2. The lowest BCUT2D eigenvalue weighted by atomic mass is 10.1. The number of rotatable bonds is 4. The Morgan fingerprint density at radius 1 is 1.06 bits per heavy atom. The molecule has 33 heavy (non-hydrogen) atoms. The first-order valence-corrected chi connectivity index (χ1v) is 11.2. The van der Waals surface area contributed by atoms with Gasteiger partial charge in [0.25, 0.3) is 5.56 Å². The van der Waals surface area contributed by atoms with Crippen LogP contribution in [0.4, 0.5) is 0 Å². The number of pyridine rings is 1. The van der Waals surface area contributed by atoms with E-state index in [1.54, 1.807) is 35.9 Å². The molecule has 4 aromatic rings. The van der Waals surface area contributed by atoms with Crippen LogP contribution in [0.1, 0.15) is 41.0 Å². The second-order valence-corrected chi connectivity index (χ2v) is 8.46. The van der Waals surface area contributed by atoms with Crippen LogP contribution in [-0.2, 0) is 24.3 Å². The highest BCUT2D eigenvalue weighted by atomic mass is 35.5. The minimum Gasteiger partial charge on any atom is -0.497 e. The Hall–Kier alpha value is -3.45. The largest absolute Gasteiger partial charge is 0.497 e. The Morgan fingerprint density at radius 2 is 1.94 bits per heavy atom. The molecule has 0 fully saturated rings. The summed E-state index contributed by atoms with van der Waals surface area (Å²) in [5.41, 5.74) is 2.10. The average Bonchev–Trinajstić information content (AvgIpc) is 3.07. The van der Waals surface area contributed by atoms with Gasteiger partial charge in [-0.15, -0.1) is 0 Å². The first kappa shape index (κ1) is 21.4. The van der Waals surface area contributed by atoms with Gasteiger partial charge in [-0.05, 0) is 49.2 Å². The molecule has 0 radical (unpaired) electrons. The standard InChI is InChI=1S/C25H22ClN3O4/c1-32-18-8-6-15-11-17(23(26)28-20(15)13-18)14-33-25(31)16-7-9-19-21(12-16)27-22-5-3-2-4-10-29(22)24(19)30/h6-9,11-13H,2-5,10,14H2,1H3. The number of esters is 1. The van der Waals surface area contributed by atoms with Gasteiger partial charge < -0.3 is 9.47 Å². The number of methoxy groups -OCH3 is 1. The minimum absolute atomic E-state index is 0.0229. The number of fused-ring (bicyclic) bond motifs is 3. The van der Waals surface area contributed by atoms with Gasteiger partial charge in [-0.2, -0.15) is 0 Å². The smallest absolute Gasteiger partial charge is 0.338 e. The van der Waals surface area contributed by atoms with E-state index in [0.717, 1.165) is 36.9 Å². The van der Waals surface area contributed by atoms with E-state index in [4.69, 9.17) is 21.1 Å². The van der Waals surface area contributed by atoms with Gasteiger partial charge in [-0.1, -0.05) is 18.0 Å². The van der Waals surface area contributed by atoms with Gasteiger partial charge in [-0.25, -0.2) is 14.8 Å². The highest BCUT2D eigenvalue weighted by Crippen LogP contribution is 2.25. The second-order valence-electron chi connectivity index (χ2n) is 8.10.